The number of hydrogen-bond acceptors (Lipinski definition) is 0. The molecule has 2 heteroatoms. The third-order valence-corrected chi connectivity index (χ3v) is 18.8. The molecule has 2 aromatic rings. The van der Waals surface area contributed by atoms with Crippen molar-refractivity contribution in [3.8, 4) is 0 Å². The van der Waals surface area contributed by atoms with Crippen molar-refractivity contribution in [2.24, 2.45) is 0 Å². The van der Waals surface area contributed by atoms with Crippen LogP contribution in [-0.4, -0.2) is 11.8 Å². The Morgan fingerprint density at radius 1 is 0.378 bits per heavy atom. The second kappa shape index (κ2) is 11.7. The summed E-state index contributed by atoms with van der Waals surface area (Å²) in [4.78, 5) is 0. The van der Waals surface area contributed by atoms with E-state index in [1.807, 2.05) is 0 Å². The lowest BCUT2D eigenvalue weighted by atomic mass is 9.72. The Kier molecular flexibility index (Phi) is 10.1. The molecule has 0 N–H and O–H groups in total. The van der Waals surface area contributed by atoms with Crippen molar-refractivity contribution in [2.45, 2.75) is 194 Å². The molecule has 0 aliphatic carbocycles. The molecule has 2 atom stereocenters. The molecular formula is C43H72P2. The van der Waals surface area contributed by atoms with E-state index in [4.69, 9.17) is 0 Å². The zero-order valence-electron chi connectivity index (χ0n) is 33.9. The van der Waals surface area contributed by atoms with Crippen molar-refractivity contribution in [1.29, 1.82) is 0 Å². The summed E-state index contributed by atoms with van der Waals surface area (Å²) in [6.07, 6.45) is 0. The van der Waals surface area contributed by atoms with Crippen LogP contribution >= 0.6 is 15.8 Å². The highest BCUT2D eigenvalue weighted by Gasteiger charge is 2.57. The first-order valence-electron chi connectivity index (χ1n) is 17.6. The Hall–Kier alpha value is -0.700. The van der Waals surface area contributed by atoms with Crippen LogP contribution in [0.2, 0.25) is 0 Å². The van der Waals surface area contributed by atoms with Crippen LogP contribution in [0, 0.1) is 0 Å². The van der Waals surface area contributed by atoms with E-state index in [-0.39, 0.29) is 53.5 Å². The molecule has 1 saturated heterocycles. The van der Waals surface area contributed by atoms with Gasteiger partial charge in [0.2, 0.25) is 0 Å². The molecule has 0 spiro atoms. The van der Waals surface area contributed by atoms with Crippen LogP contribution in [0.25, 0.3) is 0 Å². The van der Waals surface area contributed by atoms with Gasteiger partial charge in [-0.2, -0.15) is 0 Å². The molecule has 2 aromatic carbocycles. The quantitative estimate of drug-likeness (QED) is 0.284. The lowest BCUT2D eigenvalue weighted by Gasteiger charge is -2.60. The Balaban J connectivity index is 2.51. The van der Waals surface area contributed by atoms with Gasteiger partial charge in [0.1, 0.15) is 0 Å². The van der Waals surface area contributed by atoms with Gasteiger partial charge in [0.05, 0.1) is 0 Å². The minimum absolute atomic E-state index is 0.0816. The summed E-state index contributed by atoms with van der Waals surface area (Å²) in [6.45, 7) is 54.2. The molecule has 1 aliphatic heterocycles. The average molecular weight is 651 g/mol. The van der Waals surface area contributed by atoms with Crippen molar-refractivity contribution in [3.05, 3.63) is 68.8 Å². The molecule has 1 aliphatic rings. The molecule has 0 amide bonds. The van der Waals surface area contributed by atoms with Gasteiger partial charge in [0.25, 0.3) is 0 Å². The van der Waals surface area contributed by atoms with Crippen LogP contribution in [-0.2, 0) is 32.5 Å². The largest absolute Gasteiger partial charge is 0.0854 e. The van der Waals surface area contributed by atoms with Gasteiger partial charge in [-0.05, 0) is 88.8 Å². The smallest absolute Gasteiger partial charge is 0.0268 e. The second-order valence-corrected chi connectivity index (χ2v) is 27.8. The minimum Gasteiger partial charge on any atom is -0.0854 e. The monoisotopic (exact) mass is 651 g/mol. The molecule has 254 valence electrons. The Morgan fingerprint density at radius 2 is 0.600 bits per heavy atom. The molecule has 0 nitrogen and oxygen atoms in total. The highest BCUT2D eigenvalue weighted by molar-refractivity contribution is 7.91. The summed E-state index contributed by atoms with van der Waals surface area (Å²) < 4.78 is 0. The van der Waals surface area contributed by atoms with Crippen molar-refractivity contribution < 1.29 is 0 Å². The van der Waals surface area contributed by atoms with Crippen LogP contribution in [0.1, 0.15) is 201 Å². The summed E-state index contributed by atoms with van der Waals surface area (Å²) in [7, 11) is -0.659. The second-order valence-electron chi connectivity index (χ2n) is 21.5. The minimum atomic E-state index is -0.358. The topological polar surface area (TPSA) is 0 Å². The van der Waals surface area contributed by atoms with Crippen molar-refractivity contribution >= 4 is 15.8 Å². The van der Waals surface area contributed by atoms with Crippen molar-refractivity contribution in [2.75, 3.05) is 6.66 Å². The van der Waals surface area contributed by atoms with E-state index in [1.165, 1.54) is 11.1 Å². The van der Waals surface area contributed by atoms with Gasteiger partial charge in [0.15, 0.2) is 0 Å². The molecule has 0 radical (unpaired) electrons. The van der Waals surface area contributed by atoms with Crippen molar-refractivity contribution in [1.82, 2.24) is 0 Å². The third kappa shape index (κ3) is 7.80. The van der Waals surface area contributed by atoms with Gasteiger partial charge in [-0.25, -0.2) is 0 Å². The normalized spacial score (nSPS) is 22.4. The SMILES string of the molecule is CP1C(c2c(C(C)(C)C)cc(C(C)(C)C)cc2C(C)(C)C)P(C(C)(C)C)C1c1c(C(C)(C)C)cc(C(C)(C)C)cc1C(C)(C)C. The maximum absolute atomic E-state index is 2.68. The standard InChI is InChI=1S/C43H72P2/c1-37(2,3)27-23-29(39(7,8)9)33(30(24-27)40(10,11)12)35-44(22)36(45(35)43(19,20)21)34-31(41(13,14)15)25-28(38(4,5)6)26-32(34)42(16,17)18/h23-26,35-36H,1-22H3. The van der Waals surface area contributed by atoms with E-state index in [9.17, 15) is 0 Å². The molecular weight excluding hydrogens is 578 g/mol. The summed E-state index contributed by atoms with van der Waals surface area (Å²) in [5.41, 5.74) is 13.4. The van der Waals surface area contributed by atoms with E-state index in [2.05, 4.69) is 176 Å². The third-order valence-electron chi connectivity index (χ3n) is 9.91. The molecule has 2 unspecified atom stereocenters. The highest BCUT2D eigenvalue weighted by atomic mass is 31.2. The molecule has 1 heterocycles. The fraction of sp³-hybridized carbons (Fsp3) is 0.721. The number of benzene rings is 2. The summed E-state index contributed by atoms with van der Waals surface area (Å²) in [6, 6.07) is 10.5. The van der Waals surface area contributed by atoms with Crippen LogP contribution in [0.5, 0.6) is 0 Å². The van der Waals surface area contributed by atoms with Gasteiger partial charge in [-0.15, -0.1) is 0 Å². The summed E-state index contributed by atoms with van der Waals surface area (Å²) in [5, 5.41) is 1.51. The lowest BCUT2D eigenvalue weighted by molar-refractivity contribution is 0.538. The van der Waals surface area contributed by atoms with E-state index in [0.29, 0.717) is 10.8 Å². The maximum Gasteiger partial charge on any atom is 0.0268 e. The zero-order valence-corrected chi connectivity index (χ0v) is 35.6. The van der Waals surface area contributed by atoms with Gasteiger partial charge >= 0.3 is 0 Å². The van der Waals surface area contributed by atoms with E-state index < -0.39 is 0 Å². The van der Waals surface area contributed by atoms with E-state index >= 15 is 0 Å². The van der Waals surface area contributed by atoms with Crippen LogP contribution in [0.4, 0.5) is 0 Å². The van der Waals surface area contributed by atoms with Gasteiger partial charge in [-0.1, -0.05) is 186 Å². The Morgan fingerprint density at radius 3 is 0.756 bits per heavy atom. The predicted molar refractivity (Wildman–Crippen MR) is 210 cm³/mol. The first kappa shape index (κ1) is 38.7. The molecule has 0 saturated carbocycles. The summed E-state index contributed by atoms with van der Waals surface area (Å²) in [5.74, 6) is 0. The van der Waals surface area contributed by atoms with Gasteiger partial charge < -0.3 is 0 Å². The average Bonchev–Trinajstić information content (AvgIpc) is 2.77. The Bertz CT molecular complexity index is 1220. The van der Waals surface area contributed by atoms with Crippen LogP contribution in [0.3, 0.4) is 0 Å². The molecule has 1 fully saturated rings. The lowest BCUT2D eigenvalue weighted by Crippen LogP contribution is -2.34. The zero-order chi connectivity index (χ0) is 35.3. The fourth-order valence-corrected chi connectivity index (χ4v) is 17.5. The highest BCUT2D eigenvalue weighted by Crippen LogP contribution is 2.96. The first-order valence-corrected chi connectivity index (χ1v) is 21.0. The van der Waals surface area contributed by atoms with Gasteiger partial charge in [-0.3, -0.25) is 0 Å². The Labute approximate surface area is 284 Å². The first-order chi connectivity index (χ1) is 19.7. The van der Waals surface area contributed by atoms with Crippen LogP contribution in [0.15, 0.2) is 24.3 Å². The molecule has 0 bridgehead atoms. The molecule has 3 rings (SSSR count). The van der Waals surface area contributed by atoms with E-state index in [1.54, 1.807) is 33.4 Å². The molecule has 45 heavy (non-hydrogen) atoms. The van der Waals surface area contributed by atoms with Crippen LogP contribution < -0.4 is 0 Å². The molecule has 0 aromatic heterocycles. The summed E-state index contributed by atoms with van der Waals surface area (Å²) >= 11 is 0. The fourth-order valence-electron chi connectivity index (χ4n) is 7.22. The number of hydrogen-bond donors (Lipinski definition) is 0. The number of rotatable bonds is 2. The van der Waals surface area contributed by atoms with Crippen molar-refractivity contribution in [3.63, 3.8) is 0 Å². The van der Waals surface area contributed by atoms with Gasteiger partial charge in [0, 0.05) is 10.8 Å². The maximum atomic E-state index is 2.68. The predicted octanol–water partition coefficient (Wildman–Crippen LogP) is 14.6. The van der Waals surface area contributed by atoms with E-state index in [0.717, 1.165) is 0 Å².